The normalized spacial score (nSPS) is 11.7. The SMILES string of the molecule is CC(C)(C)C(=O)O.CCCCCCC[N+](C)(C)C. The third-order valence-electron chi connectivity index (χ3n) is 2.57. The molecule has 3 nitrogen and oxygen atoms in total. The van der Waals surface area contributed by atoms with Crippen molar-refractivity contribution in [1.82, 2.24) is 0 Å². The highest BCUT2D eigenvalue weighted by atomic mass is 16.4. The lowest BCUT2D eigenvalue weighted by Crippen LogP contribution is -2.35. The van der Waals surface area contributed by atoms with Crippen molar-refractivity contribution >= 4 is 5.97 Å². The molecule has 0 amide bonds. The highest BCUT2D eigenvalue weighted by molar-refractivity contribution is 5.72. The van der Waals surface area contributed by atoms with Crippen molar-refractivity contribution in [2.24, 2.45) is 5.41 Å². The predicted molar refractivity (Wildman–Crippen MR) is 78.7 cm³/mol. The topological polar surface area (TPSA) is 37.3 Å². The van der Waals surface area contributed by atoms with E-state index in [1.807, 2.05) is 0 Å². The number of carboxylic acid groups (broad SMARTS) is 1. The minimum Gasteiger partial charge on any atom is -0.481 e. The van der Waals surface area contributed by atoms with Gasteiger partial charge >= 0.3 is 5.97 Å². The van der Waals surface area contributed by atoms with Crippen LogP contribution >= 0.6 is 0 Å². The molecule has 0 aliphatic heterocycles. The molecule has 1 N–H and O–H groups in total. The Labute approximate surface area is 114 Å². The van der Waals surface area contributed by atoms with Gasteiger partial charge in [-0.05, 0) is 33.6 Å². The number of carboxylic acids is 1. The molecule has 0 saturated heterocycles. The van der Waals surface area contributed by atoms with E-state index in [1.54, 1.807) is 20.8 Å². The third kappa shape index (κ3) is 17.8. The minimum absolute atomic E-state index is 0.583. The van der Waals surface area contributed by atoms with Crippen LogP contribution in [-0.4, -0.2) is 43.2 Å². The van der Waals surface area contributed by atoms with Crippen LogP contribution in [0.3, 0.4) is 0 Å². The summed E-state index contributed by atoms with van der Waals surface area (Å²) in [6.45, 7) is 8.57. The molecule has 0 fully saturated rings. The van der Waals surface area contributed by atoms with E-state index >= 15 is 0 Å². The van der Waals surface area contributed by atoms with E-state index in [2.05, 4.69) is 28.1 Å². The zero-order chi connectivity index (χ0) is 14.8. The number of rotatable bonds is 6. The Morgan fingerprint density at radius 2 is 1.39 bits per heavy atom. The molecule has 0 aromatic heterocycles. The maximum atomic E-state index is 10.0. The number of hydrogen-bond acceptors (Lipinski definition) is 1. The fourth-order valence-corrected chi connectivity index (χ4v) is 1.19. The first-order valence-electron chi connectivity index (χ1n) is 7.04. The molecular formula is C15H34NO2+. The van der Waals surface area contributed by atoms with Crippen LogP contribution < -0.4 is 0 Å². The zero-order valence-corrected chi connectivity index (χ0v) is 13.5. The van der Waals surface area contributed by atoms with Crippen molar-refractivity contribution in [3.05, 3.63) is 0 Å². The van der Waals surface area contributed by atoms with E-state index < -0.39 is 11.4 Å². The van der Waals surface area contributed by atoms with Crippen molar-refractivity contribution in [3.63, 3.8) is 0 Å². The van der Waals surface area contributed by atoms with E-state index in [4.69, 9.17) is 5.11 Å². The Morgan fingerprint density at radius 3 is 1.67 bits per heavy atom. The third-order valence-corrected chi connectivity index (χ3v) is 2.57. The summed E-state index contributed by atoms with van der Waals surface area (Å²) >= 11 is 0. The molecule has 0 aromatic carbocycles. The van der Waals surface area contributed by atoms with Crippen LogP contribution in [0.1, 0.15) is 59.8 Å². The van der Waals surface area contributed by atoms with Gasteiger partial charge in [-0.2, -0.15) is 0 Å². The maximum absolute atomic E-state index is 10.0. The Hall–Kier alpha value is -0.570. The van der Waals surface area contributed by atoms with Crippen LogP contribution in [0.15, 0.2) is 0 Å². The number of quaternary nitrogens is 1. The molecule has 18 heavy (non-hydrogen) atoms. The average molecular weight is 260 g/mol. The summed E-state index contributed by atoms with van der Waals surface area (Å²) in [7, 11) is 6.79. The van der Waals surface area contributed by atoms with Gasteiger partial charge in [0.15, 0.2) is 0 Å². The van der Waals surface area contributed by atoms with Crippen molar-refractivity contribution in [1.29, 1.82) is 0 Å². The second-order valence-corrected chi connectivity index (χ2v) is 6.98. The number of unbranched alkanes of at least 4 members (excludes halogenated alkanes) is 4. The van der Waals surface area contributed by atoms with Crippen LogP contribution in [0.25, 0.3) is 0 Å². The van der Waals surface area contributed by atoms with Gasteiger partial charge in [-0.25, -0.2) is 0 Å². The van der Waals surface area contributed by atoms with Crippen LogP contribution in [0.4, 0.5) is 0 Å². The van der Waals surface area contributed by atoms with Crippen LogP contribution in [0.2, 0.25) is 0 Å². The first-order chi connectivity index (χ1) is 8.00. The van der Waals surface area contributed by atoms with Gasteiger partial charge in [0.05, 0.1) is 33.1 Å². The number of hydrogen-bond donors (Lipinski definition) is 1. The van der Waals surface area contributed by atoms with Crippen molar-refractivity contribution in [2.75, 3.05) is 27.7 Å². The Balaban J connectivity index is 0. The second-order valence-electron chi connectivity index (χ2n) is 6.98. The zero-order valence-electron chi connectivity index (χ0n) is 13.5. The van der Waals surface area contributed by atoms with Gasteiger partial charge in [-0.3, -0.25) is 4.79 Å². The fourth-order valence-electron chi connectivity index (χ4n) is 1.19. The first-order valence-corrected chi connectivity index (χ1v) is 7.04. The summed E-state index contributed by atoms with van der Waals surface area (Å²) < 4.78 is 1.12. The molecule has 0 heterocycles. The fraction of sp³-hybridized carbons (Fsp3) is 0.933. The molecule has 0 saturated carbocycles. The van der Waals surface area contributed by atoms with Gasteiger partial charge in [0.2, 0.25) is 0 Å². The van der Waals surface area contributed by atoms with Crippen molar-refractivity contribution < 1.29 is 14.4 Å². The molecule has 0 atom stereocenters. The Morgan fingerprint density at radius 1 is 1.00 bits per heavy atom. The highest BCUT2D eigenvalue weighted by Gasteiger charge is 2.18. The standard InChI is InChI=1S/C10H24N.C5H10O2/c1-5-6-7-8-9-10-11(2,3)4;1-5(2,3)4(6)7/h5-10H2,1-4H3;1-3H3,(H,6,7)/q+1;. The molecule has 0 unspecified atom stereocenters. The molecule has 110 valence electrons. The number of nitrogens with zero attached hydrogens (tertiary/aromatic N) is 1. The maximum Gasteiger partial charge on any atom is 0.308 e. The van der Waals surface area contributed by atoms with Gasteiger partial charge in [0.25, 0.3) is 0 Å². The van der Waals surface area contributed by atoms with Crippen LogP contribution in [-0.2, 0) is 4.79 Å². The summed E-state index contributed by atoms with van der Waals surface area (Å²) in [5, 5.41) is 8.25. The van der Waals surface area contributed by atoms with Crippen molar-refractivity contribution in [3.8, 4) is 0 Å². The summed E-state index contributed by atoms with van der Waals surface area (Å²) in [5.41, 5.74) is -0.583. The molecule has 0 aliphatic carbocycles. The summed E-state index contributed by atoms with van der Waals surface area (Å²) in [6.07, 6.45) is 7.00. The first kappa shape index (κ1) is 19.8. The number of aliphatic carboxylic acids is 1. The van der Waals surface area contributed by atoms with Crippen molar-refractivity contribution in [2.45, 2.75) is 59.8 Å². The molecule has 0 aliphatic rings. The monoisotopic (exact) mass is 260 g/mol. The molecule has 0 rings (SSSR count). The van der Waals surface area contributed by atoms with E-state index in [1.165, 1.54) is 38.6 Å². The van der Waals surface area contributed by atoms with Gasteiger partial charge < -0.3 is 9.59 Å². The van der Waals surface area contributed by atoms with Crippen LogP contribution in [0.5, 0.6) is 0 Å². The van der Waals surface area contributed by atoms with E-state index in [0.717, 1.165) is 4.48 Å². The van der Waals surface area contributed by atoms with E-state index in [-0.39, 0.29) is 0 Å². The Bertz CT molecular complexity index is 212. The highest BCUT2D eigenvalue weighted by Crippen LogP contribution is 2.11. The second kappa shape index (κ2) is 9.37. The van der Waals surface area contributed by atoms with Gasteiger partial charge in [0.1, 0.15) is 0 Å². The Kier molecular flexibility index (Phi) is 10.3. The molecule has 3 heteroatoms. The van der Waals surface area contributed by atoms with E-state index in [0.29, 0.717) is 0 Å². The van der Waals surface area contributed by atoms with E-state index in [9.17, 15) is 4.79 Å². The molecular weight excluding hydrogens is 226 g/mol. The van der Waals surface area contributed by atoms with Crippen LogP contribution in [0, 0.1) is 5.41 Å². The summed E-state index contributed by atoms with van der Waals surface area (Å²) in [4.78, 5) is 10.0. The predicted octanol–water partition coefficient (Wildman–Crippen LogP) is 3.78. The average Bonchev–Trinajstić information content (AvgIpc) is 2.15. The smallest absolute Gasteiger partial charge is 0.308 e. The van der Waals surface area contributed by atoms with Gasteiger partial charge in [-0.1, -0.05) is 26.2 Å². The molecule has 0 aromatic rings. The lowest BCUT2D eigenvalue weighted by molar-refractivity contribution is -0.870. The summed E-state index contributed by atoms with van der Waals surface area (Å²) in [6, 6.07) is 0. The molecule has 0 radical (unpaired) electrons. The lowest BCUT2D eigenvalue weighted by atomic mass is 9.98. The van der Waals surface area contributed by atoms with Gasteiger partial charge in [0, 0.05) is 0 Å². The molecule has 0 bridgehead atoms. The lowest BCUT2D eigenvalue weighted by Gasteiger charge is -2.23. The minimum atomic E-state index is -0.757. The molecule has 0 spiro atoms. The summed E-state index contributed by atoms with van der Waals surface area (Å²) in [5.74, 6) is -0.757. The number of carbonyl (C=O) groups is 1. The largest absolute Gasteiger partial charge is 0.481 e. The van der Waals surface area contributed by atoms with Gasteiger partial charge in [-0.15, -0.1) is 0 Å². The quantitative estimate of drug-likeness (QED) is 0.583.